The molecule has 0 aliphatic carbocycles. The fourth-order valence-electron chi connectivity index (χ4n) is 1.93. The van der Waals surface area contributed by atoms with E-state index in [9.17, 15) is 4.79 Å². The molecule has 2 heterocycles. The summed E-state index contributed by atoms with van der Waals surface area (Å²) in [7, 11) is 0. The molecule has 0 bridgehead atoms. The van der Waals surface area contributed by atoms with Gasteiger partial charge in [0.05, 0.1) is 5.69 Å². The van der Waals surface area contributed by atoms with Gasteiger partial charge in [-0.3, -0.25) is 0 Å². The molecule has 0 aliphatic rings. The SMILES string of the molecule is Cc1cnc(=O)[nH]c1-c1cccc2ccsc12. The highest BCUT2D eigenvalue weighted by Gasteiger charge is 2.08. The predicted molar refractivity (Wildman–Crippen MR) is 70.4 cm³/mol. The molecule has 0 atom stereocenters. The van der Waals surface area contributed by atoms with E-state index in [1.165, 1.54) is 10.1 Å². The van der Waals surface area contributed by atoms with Gasteiger partial charge in [-0.05, 0) is 29.3 Å². The molecule has 4 heteroatoms. The number of hydrogen-bond donors (Lipinski definition) is 1. The van der Waals surface area contributed by atoms with Crippen LogP contribution in [-0.4, -0.2) is 9.97 Å². The first-order valence-corrected chi connectivity index (χ1v) is 6.16. The van der Waals surface area contributed by atoms with Crippen molar-refractivity contribution in [1.82, 2.24) is 9.97 Å². The Morgan fingerprint density at radius 2 is 2.18 bits per heavy atom. The number of nitrogens with one attached hydrogen (secondary N) is 1. The van der Waals surface area contributed by atoms with E-state index in [4.69, 9.17) is 0 Å². The number of rotatable bonds is 1. The number of aryl methyl sites for hydroxylation is 1. The number of nitrogens with zero attached hydrogens (tertiary/aromatic N) is 1. The second-order valence-corrected chi connectivity index (χ2v) is 4.81. The fourth-order valence-corrected chi connectivity index (χ4v) is 2.85. The lowest BCUT2D eigenvalue weighted by atomic mass is 10.1. The molecule has 0 amide bonds. The Hall–Kier alpha value is -1.94. The van der Waals surface area contributed by atoms with Gasteiger partial charge in [0.25, 0.3) is 0 Å². The number of fused-ring (bicyclic) bond motifs is 1. The summed E-state index contributed by atoms with van der Waals surface area (Å²) in [5.74, 6) is 0. The van der Waals surface area contributed by atoms with Crippen molar-refractivity contribution in [3.05, 3.63) is 51.9 Å². The lowest BCUT2D eigenvalue weighted by Crippen LogP contribution is -2.11. The third-order valence-electron chi connectivity index (χ3n) is 2.75. The molecular formula is C13H10N2OS. The van der Waals surface area contributed by atoms with Gasteiger partial charge in [-0.2, -0.15) is 0 Å². The van der Waals surface area contributed by atoms with Gasteiger partial charge in [0.2, 0.25) is 0 Å². The summed E-state index contributed by atoms with van der Waals surface area (Å²) in [5.41, 5.74) is 2.59. The summed E-state index contributed by atoms with van der Waals surface area (Å²) in [6.07, 6.45) is 1.61. The van der Waals surface area contributed by atoms with Crippen LogP contribution in [-0.2, 0) is 0 Å². The first-order chi connectivity index (χ1) is 8.25. The Morgan fingerprint density at radius 3 is 3.06 bits per heavy atom. The normalized spacial score (nSPS) is 10.9. The maximum Gasteiger partial charge on any atom is 0.345 e. The van der Waals surface area contributed by atoms with Crippen LogP contribution in [0.1, 0.15) is 5.56 Å². The highest BCUT2D eigenvalue weighted by molar-refractivity contribution is 7.17. The van der Waals surface area contributed by atoms with Crippen molar-refractivity contribution < 1.29 is 0 Å². The van der Waals surface area contributed by atoms with Crippen molar-refractivity contribution in [1.29, 1.82) is 0 Å². The third-order valence-corrected chi connectivity index (χ3v) is 3.71. The molecule has 3 nitrogen and oxygen atoms in total. The molecule has 2 aromatic heterocycles. The Bertz CT molecular complexity index is 742. The monoisotopic (exact) mass is 242 g/mol. The van der Waals surface area contributed by atoms with Gasteiger partial charge in [0.15, 0.2) is 0 Å². The molecule has 3 rings (SSSR count). The minimum absolute atomic E-state index is 0.306. The van der Waals surface area contributed by atoms with Gasteiger partial charge in [0, 0.05) is 16.5 Å². The van der Waals surface area contributed by atoms with E-state index in [-0.39, 0.29) is 5.69 Å². The van der Waals surface area contributed by atoms with Crippen molar-refractivity contribution in [3.8, 4) is 11.3 Å². The Labute approximate surface area is 102 Å². The third kappa shape index (κ3) is 1.66. The molecule has 0 radical (unpaired) electrons. The Balaban J connectivity index is 2.37. The van der Waals surface area contributed by atoms with Crippen LogP contribution in [0.3, 0.4) is 0 Å². The minimum atomic E-state index is -0.306. The lowest BCUT2D eigenvalue weighted by Gasteiger charge is -2.05. The van der Waals surface area contributed by atoms with Crippen LogP contribution in [0.25, 0.3) is 21.3 Å². The van der Waals surface area contributed by atoms with Crippen LogP contribution in [0.15, 0.2) is 40.6 Å². The van der Waals surface area contributed by atoms with Crippen LogP contribution in [0.4, 0.5) is 0 Å². The molecule has 0 fully saturated rings. The first-order valence-electron chi connectivity index (χ1n) is 5.28. The summed E-state index contributed by atoms with van der Waals surface area (Å²) < 4.78 is 1.19. The van der Waals surface area contributed by atoms with Crippen LogP contribution in [0, 0.1) is 6.92 Å². The minimum Gasteiger partial charge on any atom is -0.305 e. The Morgan fingerprint density at radius 1 is 1.29 bits per heavy atom. The van der Waals surface area contributed by atoms with E-state index < -0.39 is 0 Å². The number of aromatic nitrogens is 2. The van der Waals surface area contributed by atoms with Gasteiger partial charge < -0.3 is 4.98 Å². The molecule has 1 N–H and O–H groups in total. The van der Waals surface area contributed by atoms with E-state index in [2.05, 4.69) is 27.5 Å². The molecule has 0 unspecified atom stereocenters. The van der Waals surface area contributed by atoms with Crippen LogP contribution in [0.5, 0.6) is 0 Å². The van der Waals surface area contributed by atoms with Crippen molar-refractivity contribution in [2.45, 2.75) is 6.92 Å². The summed E-state index contributed by atoms with van der Waals surface area (Å²) in [6, 6.07) is 8.18. The summed E-state index contributed by atoms with van der Waals surface area (Å²) >= 11 is 1.68. The largest absolute Gasteiger partial charge is 0.345 e. The average Bonchev–Trinajstić information content (AvgIpc) is 2.80. The van der Waals surface area contributed by atoms with Crippen molar-refractivity contribution in [2.24, 2.45) is 0 Å². The fraction of sp³-hybridized carbons (Fsp3) is 0.0769. The second-order valence-electron chi connectivity index (χ2n) is 3.89. The molecule has 0 spiro atoms. The molecule has 0 saturated carbocycles. The smallest absolute Gasteiger partial charge is 0.305 e. The number of thiophene rings is 1. The highest BCUT2D eigenvalue weighted by atomic mass is 32.1. The average molecular weight is 242 g/mol. The van der Waals surface area contributed by atoms with E-state index in [0.717, 1.165) is 16.8 Å². The zero-order chi connectivity index (χ0) is 11.8. The van der Waals surface area contributed by atoms with E-state index in [1.807, 2.05) is 19.1 Å². The zero-order valence-corrected chi connectivity index (χ0v) is 10.0. The summed E-state index contributed by atoms with van der Waals surface area (Å²) in [4.78, 5) is 17.9. The molecule has 1 aromatic carbocycles. The van der Waals surface area contributed by atoms with Crippen molar-refractivity contribution in [2.75, 3.05) is 0 Å². The van der Waals surface area contributed by atoms with Gasteiger partial charge in [-0.1, -0.05) is 18.2 Å². The van der Waals surface area contributed by atoms with Gasteiger partial charge in [0.1, 0.15) is 0 Å². The molecular weight excluding hydrogens is 232 g/mol. The first kappa shape index (κ1) is 10.2. The lowest BCUT2D eigenvalue weighted by molar-refractivity contribution is 1.06. The highest BCUT2D eigenvalue weighted by Crippen LogP contribution is 2.32. The number of aromatic amines is 1. The van der Waals surface area contributed by atoms with E-state index >= 15 is 0 Å². The van der Waals surface area contributed by atoms with E-state index in [0.29, 0.717) is 0 Å². The van der Waals surface area contributed by atoms with Crippen molar-refractivity contribution >= 4 is 21.4 Å². The maximum absolute atomic E-state index is 11.3. The molecule has 0 saturated heterocycles. The Kier molecular flexibility index (Phi) is 2.30. The molecule has 3 aromatic rings. The predicted octanol–water partition coefficient (Wildman–Crippen LogP) is 2.96. The van der Waals surface area contributed by atoms with Crippen molar-refractivity contribution in [3.63, 3.8) is 0 Å². The van der Waals surface area contributed by atoms with Gasteiger partial charge in [-0.25, -0.2) is 9.78 Å². The quantitative estimate of drug-likeness (QED) is 0.713. The standard InChI is InChI=1S/C13H10N2OS/c1-8-7-14-13(16)15-11(8)10-4-2-3-9-5-6-17-12(9)10/h2-7H,1H3,(H,14,15,16). The van der Waals surface area contributed by atoms with Crippen LogP contribution < -0.4 is 5.69 Å². The van der Waals surface area contributed by atoms with Crippen LogP contribution >= 0.6 is 11.3 Å². The number of benzene rings is 1. The zero-order valence-electron chi connectivity index (χ0n) is 9.23. The van der Waals surface area contributed by atoms with Gasteiger partial charge in [-0.15, -0.1) is 11.3 Å². The maximum atomic E-state index is 11.3. The number of H-pyrrole nitrogens is 1. The number of hydrogen-bond acceptors (Lipinski definition) is 3. The van der Waals surface area contributed by atoms with Crippen LogP contribution in [0.2, 0.25) is 0 Å². The molecule has 0 aliphatic heterocycles. The molecule has 17 heavy (non-hydrogen) atoms. The van der Waals surface area contributed by atoms with Gasteiger partial charge >= 0.3 is 5.69 Å². The molecule has 84 valence electrons. The topological polar surface area (TPSA) is 45.8 Å². The second kappa shape index (κ2) is 3.82. The summed E-state index contributed by atoms with van der Waals surface area (Å²) in [5, 5.41) is 3.26. The van der Waals surface area contributed by atoms with E-state index in [1.54, 1.807) is 17.5 Å². The summed E-state index contributed by atoms with van der Waals surface area (Å²) in [6.45, 7) is 1.95.